The molecule has 0 aliphatic heterocycles. The molecule has 3 nitrogen and oxygen atoms in total. The van der Waals surface area contributed by atoms with Gasteiger partial charge in [0.25, 0.3) is 0 Å². The molecule has 0 amide bonds. The van der Waals surface area contributed by atoms with Gasteiger partial charge in [0.2, 0.25) is 0 Å². The van der Waals surface area contributed by atoms with Gasteiger partial charge in [0.05, 0.1) is 0 Å². The van der Waals surface area contributed by atoms with Gasteiger partial charge in [0, 0.05) is 11.3 Å². The Morgan fingerprint density at radius 2 is 1.47 bits per heavy atom. The average Bonchev–Trinajstić information content (AvgIpc) is 2.40. The Balaban J connectivity index is 0.000000399. The number of hydrogen-bond donors (Lipinski definition) is 1. The fourth-order valence-electron chi connectivity index (χ4n) is 1.78. The first kappa shape index (κ1) is 15.6. The van der Waals surface area contributed by atoms with E-state index in [4.69, 9.17) is 8.76 Å². The maximum absolute atomic E-state index is 8.78. The van der Waals surface area contributed by atoms with E-state index in [0.29, 0.717) is 0 Å². The third kappa shape index (κ3) is 6.29. The lowest BCUT2D eigenvalue weighted by Crippen LogP contribution is -1.97. The predicted molar refractivity (Wildman–Crippen MR) is 79.0 cm³/mol. The Bertz CT molecular complexity index is 493. The third-order valence-electron chi connectivity index (χ3n) is 2.60. The second-order valence-corrected chi connectivity index (χ2v) is 4.59. The first-order chi connectivity index (χ1) is 9.13. The summed E-state index contributed by atoms with van der Waals surface area (Å²) in [6.07, 6.45) is 2.39. The second-order valence-electron chi connectivity index (χ2n) is 4.07. The minimum absolute atomic E-state index is 1.18. The molecule has 19 heavy (non-hydrogen) atoms. The van der Waals surface area contributed by atoms with Crippen LogP contribution in [0.15, 0.2) is 54.6 Å². The number of rotatable bonds is 3. The Morgan fingerprint density at radius 3 is 1.95 bits per heavy atom. The number of benzene rings is 2. The molecule has 0 radical (unpaired) electrons. The van der Waals surface area contributed by atoms with Crippen LogP contribution in [-0.4, -0.2) is 8.76 Å². The number of hydrogen-bond acceptors (Lipinski definition) is 2. The summed E-state index contributed by atoms with van der Waals surface area (Å²) < 4.78 is 17.6. The molecule has 2 aromatic rings. The van der Waals surface area contributed by atoms with Gasteiger partial charge >= 0.3 is 0 Å². The first-order valence-corrected chi connectivity index (χ1v) is 7.25. The zero-order valence-corrected chi connectivity index (χ0v) is 11.7. The van der Waals surface area contributed by atoms with Gasteiger partial charge in [-0.25, -0.2) is 0 Å². The van der Waals surface area contributed by atoms with Crippen molar-refractivity contribution in [3.63, 3.8) is 0 Å². The topological polar surface area (TPSA) is 66.2 Å². The highest BCUT2D eigenvalue weighted by atomic mass is 32.2. The van der Waals surface area contributed by atoms with E-state index < -0.39 is 11.3 Å². The van der Waals surface area contributed by atoms with Crippen LogP contribution < -0.4 is 5.14 Å². The quantitative estimate of drug-likeness (QED) is 0.876. The van der Waals surface area contributed by atoms with Crippen LogP contribution in [0.1, 0.15) is 18.9 Å². The monoisotopic (exact) mass is 276 g/mol. The summed E-state index contributed by atoms with van der Waals surface area (Å²) in [7, 11) is 0. The lowest BCUT2D eigenvalue weighted by atomic mass is 10.0. The average molecular weight is 276 g/mol. The van der Waals surface area contributed by atoms with Crippen LogP contribution in [0.25, 0.3) is 11.1 Å². The molecule has 2 aromatic carbocycles. The highest BCUT2D eigenvalue weighted by molar-refractivity contribution is 7.76. The zero-order valence-electron chi connectivity index (χ0n) is 10.9. The van der Waals surface area contributed by atoms with E-state index >= 15 is 0 Å². The van der Waals surface area contributed by atoms with Crippen molar-refractivity contribution in [3.8, 4) is 11.1 Å². The molecule has 0 aliphatic rings. The molecule has 0 bridgehead atoms. The van der Waals surface area contributed by atoms with Gasteiger partial charge in [-0.1, -0.05) is 67.9 Å². The molecule has 1 atom stereocenters. The molecule has 0 aromatic heterocycles. The SMILES string of the molecule is CCCc1ccc(-c2ccccc2)cc1.NS(=O)[O-]. The van der Waals surface area contributed by atoms with Crippen molar-refractivity contribution < 1.29 is 8.76 Å². The molecular formula is C15H18NO2S-. The van der Waals surface area contributed by atoms with Gasteiger partial charge in [-0.15, -0.1) is 0 Å². The predicted octanol–water partition coefficient (Wildman–Crippen LogP) is 3.05. The summed E-state index contributed by atoms with van der Waals surface area (Å²) in [5.74, 6) is 0. The van der Waals surface area contributed by atoms with E-state index in [1.807, 2.05) is 0 Å². The van der Waals surface area contributed by atoms with Crippen molar-refractivity contribution in [1.82, 2.24) is 0 Å². The molecule has 0 aliphatic carbocycles. The molecule has 2 rings (SSSR count). The van der Waals surface area contributed by atoms with Crippen LogP contribution in [-0.2, 0) is 17.7 Å². The first-order valence-electron chi connectivity index (χ1n) is 6.11. The highest BCUT2D eigenvalue weighted by Crippen LogP contribution is 2.19. The van der Waals surface area contributed by atoms with Crippen molar-refractivity contribution in [2.45, 2.75) is 19.8 Å². The second kappa shape index (κ2) is 8.58. The van der Waals surface area contributed by atoms with Gasteiger partial charge in [-0.05, 0) is 23.1 Å². The minimum Gasteiger partial charge on any atom is -0.760 e. The van der Waals surface area contributed by atoms with Crippen LogP contribution >= 0.6 is 0 Å². The molecule has 0 saturated heterocycles. The van der Waals surface area contributed by atoms with Crippen LogP contribution in [0.5, 0.6) is 0 Å². The Morgan fingerprint density at radius 1 is 1.00 bits per heavy atom. The van der Waals surface area contributed by atoms with Gasteiger partial charge in [0.1, 0.15) is 0 Å². The molecule has 4 heteroatoms. The van der Waals surface area contributed by atoms with Crippen LogP contribution in [0.4, 0.5) is 0 Å². The van der Waals surface area contributed by atoms with E-state index in [1.165, 1.54) is 29.5 Å². The Kier molecular flexibility index (Phi) is 7.03. The maximum Gasteiger partial charge on any atom is 0.0152 e. The van der Waals surface area contributed by atoms with Crippen molar-refractivity contribution in [1.29, 1.82) is 0 Å². The Labute approximate surface area is 116 Å². The molecule has 0 spiro atoms. The molecule has 0 heterocycles. The summed E-state index contributed by atoms with van der Waals surface area (Å²) in [4.78, 5) is 0. The van der Waals surface area contributed by atoms with Crippen molar-refractivity contribution in [3.05, 3.63) is 60.2 Å². The van der Waals surface area contributed by atoms with Crippen molar-refractivity contribution in [2.24, 2.45) is 5.14 Å². The number of aryl methyl sites for hydroxylation is 1. The van der Waals surface area contributed by atoms with E-state index in [1.54, 1.807) is 0 Å². The third-order valence-corrected chi connectivity index (χ3v) is 2.60. The van der Waals surface area contributed by atoms with E-state index in [0.717, 1.165) is 0 Å². The molecule has 1 unspecified atom stereocenters. The summed E-state index contributed by atoms with van der Waals surface area (Å²) in [6, 6.07) is 19.4. The normalized spacial score (nSPS) is 11.3. The van der Waals surface area contributed by atoms with E-state index in [2.05, 4.69) is 66.7 Å². The van der Waals surface area contributed by atoms with Gasteiger partial charge in [-0.2, -0.15) is 0 Å². The fraction of sp³-hybridized carbons (Fsp3) is 0.200. The molecular weight excluding hydrogens is 258 g/mol. The zero-order chi connectivity index (χ0) is 14.1. The van der Waals surface area contributed by atoms with Crippen LogP contribution in [0.3, 0.4) is 0 Å². The van der Waals surface area contributed by atoms with Gasteiger partial charge in [0.15, 0.2) is 0 Å². The minimum atomic E-state index is -2.36. The smallest absolute Gasteiger partial charge is 0.0152 e. The van der Waals surface area contributed by atoms with Crippen LogP contribution in [0, 0.1) is 0 Å². The summed E-state index contributed by atoms with van der Waals surface area (Å²) in [6.45, 7) is 2.21. The molecule has 0 saturated carbocycles. The lowest BCUT2D eigenvalue weighted by Gasteiger charge is -2.03. The summed E-state index contributed by atoms with van der Waals surface area (Å²) in [5.41, 5.74) is 4.02. The Hall–Kier alpha value is -1.49. The molecule has 0 fully saturated rings. The summed E-state index contributed by atoms with van der Waals surface area (Å²) >= 11 is -2.36. The van der Waals surface area contributed by atoms with E-state index in [9.17, 15) is 0 Å². The van der Waals surface area contributed by atoms with Crippen LogP contribution in [0.2, 0.25) is 0 Å². The van der Waals surface area contributed by atoms with Gasteiger partial charge in [-0.3, -0.25) is 9.35 Å². The summed E-state index contributed by atoms with van der Waals surface area (Å²) in [5, 5.41) is 4.03. The van der Waals surface area contributed by atoms with Crippen molar-refractivity contribution in [2.75, 3.05) is 0 Å². The molecule has 2 N–H and O–H groups in total. The maximum atomic E-state index is 8.78. The lowest BCUT2D eigenvalue weighted by molar-refractivity contribution is 0.539. The largest absolute Gasteiger partial charge is 0.760 e. The molecule has 102 valence electrons. The van der Waals surface area contributed by atoms with Gasteiger partial charge < -0.3 is 4.55 Å². The van der Waals surface area contributed by atoms with E-state index in [-0.39, 0.29) is 0 Å². The van der Waals surface area contributed by atoms with Crippen molar-refractivity contribution >= 4 is 11.3 Å². The standard InChI is InChI=1S/C15H16.H3NO2S/c1-2-6-13-9-11-15(12-10-13)14-7-4-3-5-8-14;1-4(2)3/h3-5,7-12H,2,6H2,1H3;1H2,(H,2,3)/p-1. The fourth-order valence-corrected chi connectivity index (χ4v) is 1.78. The number of nitrogens with two attached hydrogens (primary N) is 1. The highest BCUT2D eigenvalue weighted by Gasteiger charge is 1.96.